The lowest BCUT2D eigenvalue weighted by molar-refractivity contribution is -0.150. The highest BCUT2D eigenvalue weighted by molar-refractivity contribution is 6.80. The zero-order chi connectivity index (χ0) is 12.9. The van der Waals surface area contributed by atoms with E-state index in [2.05, 4.69) is 31.4 Å². The Morgan fingerprint density at radius 1 is 1.29 bits per heavy atom. The first kappa shape index (κ1) is 14.5. The van der Waals surface area contributed by atoms with Crippen LogP contribution in [0.15, 0.2) is 11.8 Å². The van der Waals surface area contributed by atoms with Gasteiger partial charge in [0.2, 0.25) is 0 Å². The second-order valence-electron chi connectivity index (χ2n) is 6.03. The van der Waals surface area contributed by atoms with Crippen LogP contribution in [0.3, 0.4) is 0 Å². The summed E-state index contributed by atoms with van der Waals surface area (Å²) in [5, 5.41) is 0. The summed E-state index contributed by atoms with van der Waals surface area (Å²) in [4.78, 5) is 11.9. The maximum absolute atomic E-state index is 11.9. The second-order valence-corrected chi connectivity index (χ2v) is 11.1. The average Bonchev–Trinajstić information content (AvgIpc) is 2.26. The molecule has 0 bridgehead atoms. The molecule has 3 heteroatoms. The van der Waals surface area contributed by atoms with Crippen LogP contribution in [0.5, 0.6) is 0 Å². The van der Waals surface area contributed by atoms with Crippen molar-refractivity contribution in [3.8, 4) is 0 Å². The number of allylic oxidation sites excluding steroid dienone is 1. The monoisotopic (exact) mass is 254 g/mol. The summed E-state index contributed by atoms with van der Waals surface area (Å²) in [6.45, 7) is 9.36. The molecule has 0 radical (unpaired) electrons. The molecule has 17 heavy (non-hydrogen) atoms. The molecule has 1 aliphatic rings. The summed E-state index contributed by atoms with van der Waals surface area (Å²) in [5.74, 6) is 0.531. The van der Waals surface area contributed by atoms with Crippen molar-refractivity contribution in [2.75, 3.05) is 6.61 Å². The van der Waals surface area contributed by atoms with E-state index in [0.29, 0.717) is 12.5 Å². The summed E-state index contributed by atoms with van der Waals surface area (Å²) < 4.78 is 5.18. The minimum absolute atomic E-state index is 0.0115. The fourth-order valence-corrected chi connectivity index (χ4v) is 3.17. The molecule has 0 unspecified atom stereocenters. The van der Waals surface area contributed by atoms with Crippen molar-refractivity contribution >= 4 is 14.0 Å². The van der Waals surface area contributed by atoms with Crippen molar-refractivity contribution in [1.29, 1.82) is 0 Å². The van der Waals surface area contributed by atoms with Crippen molar-refractivity contribution in [2.24, 2.45) is 11.8 Å². The molecule has 1 aliphatic carbocycles. The summed E-state index contributed by atoms with van der Waals surface area (Å²) >= 11 is 0. The highest BCUT2D eigenvalue weighted by Crippen LogP contribution is 2.32. The van der Waals surface area contributed by atoms with Gasteiger partial charge in [-0.2, -0.15) is 0 Å². The first-order valence-corrected chi connectivity index (χ1v) is 10.4. The predicted molar refractivity (Wildman–Crippen MR) is 74.6 cm³/mol. The van der Waals surface area contributed by atoms with Crippen LogP contribution in [-0.2, 0) is 9.53 Å². The molecule has 0 heterocycles. The molecule has 2 atom stereocenters. The zero-order valence-electron chi connectivity index (χ0n) is 11.7. The summed E-state index contributed by atoms with van der Waals surface area (Å²) in [6.07, 6.45) is 6.86. The summed E-state index contributed by atoms with van der Waals surface area (Å²) in [5.41, 5.74) is 2.37. The zero-order valence-corrected chi connectivity index (χ0v) is 12.7. The van der Waals surface area contributed by atoms with Gasteiger partial charge in [0, 0.05) is 0 Å². The Morgan fingerprint density at radius 3 is 2.53 bits per heavy atom. The molecular weight excluding hydrogens is 228 g/mol. The molecule has 0 spiro atoms. The topological polar surface area (TPSA) is 26.3 Å². The Hall–Kier alpha value is -0.573. The van der Waals surface area contributed by atoms with Crippen molar-refractivity contribution in [3.63, 3.8) is 0 Å². The van der Waals surface area contributed by atoms with Crippen LogP contribution in [0, 0.1) is 11.8 Å². The van der Waals surface area contributed by atoms with Crippen LogP contribution in [0.4, 0.5) is 0 Å². The quantitative estimate of drug-likeness (QED) is 0.563. The van der Waals surface area contributed by atoms with Crippen LogP contribution < -0.4 is 0 Å². The highest BCUT2D eigenvalue weighted by Gasteiger charge is 2.30. The van der Waals surface area contributed by atoms with Gasteiger partial charge in [0.05, 0.1) is 20.6 Å². The third kappa shape index (κ3) is 5.07. The van der Waals surface area contributed by atoms with E-state index < -0.39 is 8.07 Å². The standard InChI is InChI=1S/C14H26O2Si/c1-5-16-14(15)13-9-7-6-8-12(13)10-11-17(2,3)4/h10-13H,5-9H2,1-4H3/b11-10+/t12-,13+/m1/s1. The lowest BCUT2D eigenvalue weighted by atomic mass is 9.79. The molecule has 0 saturated heterocycles. The molecule has 0 amide bonds. The molecule has 0 aromatic heterocycles. The molecule has 0 aliphatic heterocycles. The van der Waals surface area contributed by atoms with Crippen LogP contribution in [0.1, 0.15) is 32.6 Å². The van der Waals surface area contributed by atoms with Gasteiger partial charge in [-0.3, -0.25) is 4.79 Å². The largest absolute Gasteiger partial charge is 0.466 e. The predicted octanol–water partition coefficient (Wildman–Crippen LogP) is 3.79. The molecule has 2 nitrogen and oxygen atoms in total. The van der Waals surface area contributed by atoms with E-state index in [4.69, 9.17) is 4.74 Å². The number of esters is 1. The number of carbonyl (C=O) groups is 1. The Kier molecular flexibility index (Phi) is 5.44. The maximum Gasteiger partial charge on any atom is 0.309 e. The van der Waals surface area contributed by atoms with Gasteiger partial charge < -0.3 is 4.74 Å². The van der Waals surface area contributed by atoms with Gasteiger partial charge in [0.1, 0.15) is 0 Å². The van der Waals surface area contributed by atoms with Gasteiger partial charge in [-0.15, -0.1) is 0 Å². The molecule has 1 rings (SSSR count). The van der Waals surface area contributed by atoms with Gasteiger partial charge in [0.15, 0.2) is 0 Å². The van der Waals surface area contributed by atoms with Crippen molar-refractivity contribution < 1.29 is 9.53 Å². The van der Waals surface area contributed by atoms with Crippen LogP contribution in [0.25, 0.3) is 0 Å². The van der Waals surface area contributed by atoms with E-state index in [0.717, 1.165) is 12.8 Å². The van der Waals surface area contributed by atoms with E-state index in [1.165, 1.54) is 12.8 Å². The normalized spacial score (nSPS) is 26.1. The number of rotatable bonds is 4. The lowest BCUT2D eigenvalue weighted by Gasteiger charge is -2.28. The van der Waals surface area contributed by atoms with Gasteiger partial charge in [0.25, 0.3) is 0 Å². The molecule has 0 aromatic carbocycles. The molecule has 0 aromatic rings. The van der Waals surface area contributed by atoms with Crippen molar-refractivity contribution in [2.45, 2.75) is 52.2 Å². The minimum atomic E-state index is -1.16. The lowest BCUT2D eigenvalue weighted by Crippen LogP contribution is -2.28. The summed E-state index contributed by atoms with van der Waals surface area (Å²) in [6, 6.07) is 0. The fraction of sp³-hybridized carbons (Fsp3) is 0.786. The molecule has 1 fully saturated rings. The van der Waals surface area contributed by atoms with Crippen LogP contribution in [0.2, 0.25) is 19.6 Å². The van der Waals surface area contributed by atoms with Crippen molar-refractivity contribution in [3.05, 3.63) is 11.8 Å². The number of hydrogen-bond donors (Lipinski definition) is 0. The molecule has 0 N–H and O–H groups in total. The van der Waals surface area contributed by atoms with E-state index in [1.807, 2.05) is 6.92 Å². The SMILES string of the molecule is CCOC(=O)[C@H]1CCCC[C@@H]1/C=C/[Si](C)(C)C. The van der Waals surface area contributed by atoms with Gasteiger partial charge in [-0.25, -0.2) is 0 Å². The van der Waals surface area contributed by atoms with E-state index in [-0.39, 0.29) is 11.9 Å². The fourth-order valence-electron chi connectivity index (χ4n) is 2.34. The third-order valence-corrected chi connectivity index (χ3v) is 4.44. The van der Waals surface area contributed by atoms with E-state index in [1.54, 1.807) is 0 Å². The Morgan fingerprint density at radius 2 is 1.94 bits per heavy atom. The van der Waals surface area contributed by atoms with Crippen LogP contribution in [-0.4, -0.2) is 20.7 Å². The number of hydrogen-bond acceptors (Lipinski definition) is 2. The third-order valence-electron chi connectivity index (χ3n) is 3.25. The summed E-state index contributed by atoms with van der Waals surface area (Å²) in [7, 11) is -1.16. The van der Waals surface area contributed by atoms with Crippen LogP contribution >= 0.6 is 0 Å². The van der Waals surface area contributed by atoms with E-state index >= 15 is 0 Å². The maximum atomic E-state index is 11.9. The number of ether oxygens (including phenoxy) is 1. The smallest absolute Gasteiger partial charge is 0.309 e. The molecule has 1 saturated carbocycles. The van der Waals surface area contributed by atoms with E-state index in [9.17, 15) is 4.79 Å². The first-order valence-electron chi connectivity index (χ1n) is 6.80. The minimum Gasteiger partial charge on any atom is -0.466 e. The molecule has 98 valence electrons. The van der Waals surface area contributed by atoms with Crippen molar-refractivity contribution in [1.82, 2.24) is 0 Å². The Labute approximate surface area is 106 Å². The van der Waals surface area contributed by atoms with Gasteiger partial charge in [-0.1, -0.05) is 44.3 Å². The average molecular weight is 254 g/mol. The molecular formula is C14H26O2Si. The number of carbonyl (C=O) groups excluding carboxylic acids is 1. The Bertz CT molecular complexity index is 278. The van der Waals surface area contributed by atoms with Gasteiger partial charge >= 0.3 is 5.97 Å². The highest BCUT2D eigenvalue weighted by atomic mass is 28.3. The second kappa shape index (κ2) is 6.38. The van der Waals surface area contributed by atoms with Gasteiger partial charge in [-0.05, 0) is 25.7 Å². The first-order chi connectivity index (χ1) is 7.94. The Balaban J connectivity index is 2.66.